The molecular formula is C16H24N4O. The SMILES string of the molecule is CC(N)C1CN(C(C)c2nc3ccccc3n2C)CCO1. The number of nitrogens with zero attached hydrogens (tertiary/aromatic N) is 3. The van der Waals surface area contributed by atoms with Crippen LogP contribution in [0.4, 0.5) is 0 Å². The molecule has 114 valence electrons. The Labute approximate surface area is 125 Å². The second kappa shape index (κ2) is 5.75. The molecule has 5 nitrogen and oxygen atoms in total. The van der Waals surface area contributed by atoms with Gasteiger partial charge >= 0.3 is 0 Å². The maximum atomic E-state index is 5.99. The van der Waals surface area contributed by atoms with Gasteiger partial charge in [0.2, 0.25) is 0 Å². The van der Waals surface area contributed by atoms with Crippen molar-refractivity contribution in [3.63, 3.8) is 0 Å². The molecule has 0 amide bonds. The molecule has 0 saturated carbocycles. The summed E-state index contributed by atoms with van der Waals surface area (Å²) in [7, 11) is 2.09. The Morgan fingerprint density at radius 1 is 1.33 bits per heavy atom. The van der Waals surface area contributed by atoms with E-state index in [0.717, 1.165) is 31.0 Å². The van der Waals surface area contributed by atoms with E-state index in [-0.39, 0.29) is 18.2 Å². The lowest BCUT2D eigenvalue weighted by atomic mass is 10.1. The number of hydrogen-bond acceptors (Lipinski definition) is 4. The zero-order chi connectivity index (χ0) is 15.0. The Hall–Kier alpha value is -1.43. The highest BCUT2D eigenvalue weighted by Crippen LogP contribution is 2.25. The molecule has 21 heavy (non-hydrogen) atoms. The van der Waals surface area contributed by atoms with Crippen LogP contribution in [0.5, 0.6) is 0 Å². The average Bonchev–Trinajstić information content (AvgIpc) is 2.84. The molecule has 3 atom stereocenters. The third-order valence-electron chi connectivity index (χ3n) is 4.45. The lowest BCUT2D eigenvalue weighted by molar-refractivity contribution is -0.0510. The Balaban J connectivity index is 1.86. The standard InChI is InChI=1S/C16H24N4O/c1-11(17)15-10-20(8-9-21-15)12(2)16-18-13-6-4-5-7-14(13)19(16)3/h4-7,11-12,15H,8-10,17H2,1-3H3. The highest BCUT2D eigenvalue weighted by molar-refractivity contribution is 5.75. The van der Waals surface area contributed by atoms with E-state index in [4.69, 9.17) is 15.5 Å². The van der Waals surface area contributed by atoms with E-state index in [9.17, 15) is 0 Å². The minimum atomic E-state index is 0.0560. The quantitative estimate of drug-likeness (QED) is 0.933. The fourth-order valence-electron chi connectivity index (χ4n) is 3.07. The summed E-state index contributed by atoms with van der Waals surface area (Å²) in [6.07, 6.45) is 0.107. The monoisotopic (exact) mass is 288 g/mol. The lowest BCUT2D eigenvalue weighted by Gasteiger charge is -2.37. The van der Waals surface area contributed by atoms with E-state index in [1.54, 1.807) is 0 Å². The van der Waals surface area contributed by atoms with Crippen molar-refractivity contribution in [1.82, 2.24) is 14.5 Å². The third-order valence-corrected chi connectivity index (χ3v) is 4.45. The van der Waals surface area contributed by atoms with Crippen molar-refractivity contribution in [2.45, 2.75) is 32.0 Å². The van der Waals surface area contributed by atoms with Gasteiger partial charge in [-0.2, -0.15) is 0 Å². The van der Waals surface area contributed by atoms with Crippen LogP contribution in [0.2, 0.25) is 0 Å². The number of rotatable bonds is 3. The van der Waals surface area contributed by atoms with Crippen LogP contribution in [0, 0.1) is 0 Å². The summed E-state index contributed by atoms with van der Waals surface area (Å²) >= 11 is 0. The lowest BCUT2D eigenvalue weighted by Crippen LogP contribution is -2.50. The molecule has 1 saturated heterocycles. The zero-order valence-corrected chi connectivity index (χ0v) is 13.0. The maximum absolute atomic E-state index is 5.99. The van der Waals surface area contributed by atoms with Crippen molar-refractivity contribution in [1.29, 1.82) is 0 Å². The van der Waals surface area contributed by atoms with Gasteiger partial charge in [0, 0.05) is 26.2 Å². The minimum Gasteiger partial charge on any atom is -0.374 e. The number of aromatic nitrogens is 2. The van der Waals surface area contributed by atoms with Gasteiger partial charge in [0.25, 0.3) is 0 Å². The summed E-state index contributed by atoms with van der Waals surface area (Å²) in [5, 5.41) is 0. The van der Waals surface area contributed by atoms with Crippen LogP contribution in [0.1, 0.15) is 25.7 Å². The fraction of sp³-hybridized carbons (Fsp3) is 0.562. The summed E-state index contributed by atoms with van der Waals surface area (Å²) in [6.45, 7) is 6.74. The van der Waals surface area contributed by atoms with Crippen LogP contribution < -0.4 is 5.73 Å². The van der Waals surface area contributed by atoms with Crippen LogP contribution in [0.25, 0.3) is 11.0 Å². The summed E-state index contributed by atoms with van der Waals surface area (Å²) in [5.41, 5.74) is 8.22. The van der Waals surface area contributed by atoms with E-state index in [1.165, 1.54) is 5.52 Å². The van der Waals surface area contributed by atoms with Gasteiger partial charge in [-0.3, -0.25) is 4.90 Å². The maximum Gasteiger partial charge on any atom is 0.126 e. The highest BCUT2D eigenvalue weighted by atomic mass is 16.5. The molecule has 5 heteroatoms. The highest BCUT2D eigenvalue weighted by Gasteiger charge is 2.29. The second-order valence-corrected chi connectivity index (χ2v) is 5.96. The van der Waals surface area contributed by atoms with Gasteiger partial charge in [0.15, 0.2) is 0 Å². The molecule has 2 N–H and O–H groups in total. The Kier molecular flexibility index (Phi) is 3.97. The van der Waals surface area contributed by atoms with Gasteiger partial charge in [-0.25, -0.2) is 4.98 Å². The van der Waals surface area contributed by atoms with Crippen molar-refractivity contribution in [2.75, 3.05) is 19.7 Å². The second-order valence-electron chi connectivity index (χ2n) is 5.96. The summed E-state index contributed by atoms with van der Waals surface area (Å²) < 4.78 is 7.94. The van der Waals surface area contributed by atoms with Crippen molar-refractivity contribution in [3.05, 3.63) is 30.1 Å². The first-order valence-electron chi connectivity index (χ1n) is 7.60. The molecule has 0 spiro atoms. The Morgan fingerprint density at radius 3 is 2.81 bits per heavy atom. The molecule has 1 aromatic heterocycles. The number of para-hydroxylation sites is 2. The van der Waals surface area contributed by atoms with E-state index in [2.05, 4.69) is 41.6 Å². The molecule has 2 aromatic rings. The largest absolute Gasteiger partial charge is 0.374 e. The normalized spacial score (nSPS) is 23.3. The molecule has 1 fully saturated rings. The minimum absolute atomic E-state index is 0.0560. The van der Waals surface area contributed by atoms with Crippen molar-refractivity contribution < 1.29 is 4.74 Å². The van der Waals surface area contributed by atoms with E-state index in [1.807, 2.05) is 13.0 Å². The Bertz CT molecular complexity index is 622. The number of nitrogens with two attached hydrogens (primary N) is 1. The van der Waals surface area contributed by atoms with Crippen molar-refractivity contribution in [2.24, 2.45) is 12.8 Å². The van der Waals surface area contributed by atoms with Gasteiger partial charge in [0.05, 0.1) is 29.8 Å². The topological polar surface area (TPSA) is 56.3 Å². The predicted octanol–water partition coefficient (Wildman–Crippen LogP) is 1.68. The smallest absolute Gasteiger partial charge is 0.126 e. The molecule has 3 rings (SSSR count). The van der Waals surface area contributed by atoms with Crippen LogP contribution >= 0.6 is 0 Å². The van der Waals surface area contributed by atoms with E-state index in [0.29, 0.717) is 0 Å². The molecule has 1 aromatic carbocycles. The van der Waals surface area contributed by atoms with E-state index < -0.39 is 0 Å². The van der Waals surface area contributed by atoms with Gasteiger partial charge in [-0.15, -0.1) is 0 Å². The molecule has 1 aliphatic rings. The molecule has 3 unspecified atom stereocenters. The first-order valence-corrected chi connectivity index (χ1v) is 7.60. The van der Waals surface area contributed by atoms with E-state index >= 15 is 0 Å². The number of fused-ring (bicyclic) bond motifs is 1. The molecule has 0 aliphatic carbocycles. The molecule has 0 bridgehead atoms. The first kappa shape index (κ1) is 14.5. The summed E-state index contributed by atoms with van der Waals surface area (Å²) in [5.74, 6) is 1.10. The van der Waals surface area contributed by atoms with Crippen LogP contribution in [0.3, 0.4) is 0 Å². The zero-order valence-electron chi connectivity index (χ0n) is 13.0. The summed E-state index contributed by atoms with van der Waals surface area (Å²) in [6, 6.07) is 8.58. The molecular weight excluding hydrogens is 264 g/mol. The number of hydrogen-bond donors (Lipinski definition) is 1. The van der Waals surface area contributed by atoms with Crippen molar-refractivity contribution >= 4 is 11.0 Å². The van der Waals surface area contributed by atoms with Gasteiger partial charge in [-0.1, -0.05) is 12.1 Å². The fourth-order valence-corrected chi connectivity index (χ4v) is 3.07. The third kappa shape index (κ3) is 2.69. The van der Waals surface area contributed by atoms with Crippen LogP contribution in [-0.2, 0) is 11.8 Å². The number of aryl methyl sites for hydroxylation is 1. The number of ether oxygens (including phenoxy) is 1. The van der Waals surface area contributed by atoms with Crippen LogP contribution in [-0.4, -0.2) is 46.3 Å². The van der Waals surface area contributed by atoms with Crippen molar-refractivity contribution in [3.8, 4) is 0 Å². The van der Waals surface area contributed by atoms with Gasteiger partial charge in [0.1, 0.15) is 5.82 Å². The molecule has 1 aliphatic heterocycles. The molecule has 0 radical (unpaired) electrons. The van der Waals surface area contributed by atoms with Gasteiger partial charge < -0.3 is 15.0 Å². The van der Waals surface area contributed by atoms with Crippen LogP contribution in [0.15, 0.2) is 24.3 Å². The Morgan fingerprint density at radius 2 is 2.10 bits per heavy atom. The number of morpholine rings is 1. The summed E-state index contributed by atoms with van der Waals surface area (Å²) in [4.78, 5) is 7.22. The molecule has 2 heterocycles. The average molecular weight is 288 g/mol. The number of benzene rings is 1. The predicted molar refractivity (Wildman–Crippen MR) is 84.1 cm³/mol. The van der Waals surface area contributed by atoms with Gasteiger partial charge in [-0.05, 0) is 26.0 Å². The first-order chi connectivity index (χ1) is 10.1. The number of imidazole rings is 1.